The number of sulfone groups is 1. The summed E-state index contributed by atoms with van der Waals surface area (Å²) in [5.74, 6) is -0.109. The second-order valence-corrected chi connectivity index (χ2v) is 8.31. The van der Waals surface area contributed by atoms with Crippen LogP contribution in [0.3, 0.4) is 0 Å². The molecule has 110 valence electrons. The summed E-state index contributed by atoms with van der Waals surface area (Å²) in [5.41, 5.74) is 0. The summed E-state index contributed by atoms with van der Waals surface area (Å²) in [6.45, 7) is 0. The van der Waals surface area contributed by atoms with Gasteiger partial charge in [0.05, 0.1) is 28.7 Å². The third-order valence-electron chi connectivity index (χ3n) is 2.84. The lowest BCUT2D eigenvalue weighted by Gasteiger charge is -2.14. The minimum atomic E-state index is -3.14. The fourth-order valence-corrected chi connectivity index (χ4v) is 5.14. The number of aromatic hydroxyl groups is 1. The number of hydrogen-bond donors (Lipinski definition) is 2. The Hall–Kier alpha value is -0.920. The number of hydrogen-bond acceptors (Lipinski definition) is 5. The van der Waals surface area contributed by atoms with Crippen molar-refractivity contribution >= 4 is 39.1 Å². The van der Waals surface area contributed by atoms with E-state index in [-0.39, 0.29) is 28.9 Å². The first-order valence-electron chi connectivity index (χ1n) is 5.91. The van der Waals surface area contributed by atoms with Gasteiger partial charge in [0.15, 0.2) is 9.84 Å². The Morgan fingerprint density at radius 2 is 2.00 bits per heavy atom. The van der Waals surface area contributed by atoms with Crippen LogP contribution >= 0.6 is 23.4 Å². The van der Waals surface area contributed by atoms with Gasteiger partial charge in [0.1, 0.15) is 5.75 Å². The molecule has 1 fully saturated rings. The molecule has 0 bridgehead atoms. The number of benzene rings is 1. The van der Waals surface area contributed by atoms with Crippen molar-refractivity contribution in [3.05, 3.63) is 24.3 Å². The first-order valence-corrected chi connectivity index (χ1v) is 9.16. The zero-order chi connectivity index (χ0) is 14.8. The van der Waals surface area contributed by atoms with Gasteiger partial charge in [-0.1, -0.05) is 0 Å². The van der Waals surface area contributed by atoms with E-state index in [1.807, 2.05) is 0 Å². The molecule has 5 nitrogen and oxygen atoms in total. The number of amides is 1. The molecular formula is C12H14ClNO4S2. The summed E-state index contributed by atoms with van der Waals surface area (Å²) >= 11 is 7.22. The van der Waals surface area contributed by atoms with Gasteiger partial charge in [-0.25, -0.2) is 8.42 Å². The smallest absolute Gasteiger partial charge is 0.230 e. The molecule has 0 aliphatic carbocycles. The summed E-state index contributed by atoms with van der Waals surface area (Å²) in [5, 5.41) is 11.2. The predicted molar refractivity (Wildman–Crippen MR) is 79.1 cm³/mol. The number of rotatable bonds is 4. The molecule has 0 radical (unpaired) electrons. The molecule has 1 aliphatic heterocycles. The predicted octanol–water partition coefficient (Wildman–Crippen LogP) is 1.00. The van der Waals surface area contributed by atoms with Crippen LogP contribution in [-0.4, -0.2) is 48.1 Å². The van der Waals surface area contributed by atoms with Gasteiger partial charge in [0, 0.05) is 4.90 Å². The van der Waals surface area contributed by atoms with E-state index in [1.165, 1.54) is 11.8 Å². The Morgan fingerprint density at radius 3 is 2.55 bits per heavy atom. The SMILES string of the molecule is O=C(CSc1ccc(O)cc1)NC1CS(=O)(=O)CC1Cl. The van der Waals surface area contributed by atoms with Gasteiger partial charge in [0.25, 0.3) is 0 Å². The maximum atomic E-state index is 11.8. The van der Waals surface area contributed by atoms with Crippen molar-refractivity contribution in [2.45, 2.75) is 16.3 Å². The molecule has 1 aromatic rings. The standard InChI is InChI=1S/C12H14ClNO4S2/c13-10-6-20(17,18)7-11(10)14-12(16)5-19-9-3-1-8(15)2-4-9/h1-4,10-11,15H,5-7H2,(H,14,16). The van der Waals surface area contributed by atoms with Crippen LogP contribution in [0.25, 0.3) is 0 Å². The van der Waals surface area contributed by atoms with E-state index in [0.29, 0.717) is 0 Å². The normalized spacial score (nSPS) is 24.4. The molecule has 1 heterocycles. The lowest BCUT2D eigenvalue weighted by Crippen LogP contribution is -2.41. The third-order valence-corrected chi connectivity index (χ3v) is 6.22. The van der Waals surface area contributed by atoms with Crippen LogP contribution in [0, 0.1) is 0 Å². The number of phenolic OH excluding ortho intramolecular Hbond substituents is 1. The number of thioether (sulfide) groups is 1. The summed E-state index contributed by atoms with van der Waals surface area (Å²) in [6.07, 6.45) is 0. The van der Waals surface area contributed by atoms with E-state index in [0.717, 1.165) is 4.90 Å². The maximum Gasteiger partial charge on any atom is 0.230 e. The molecule has 2 atom stereocenters. The van der Waals surface area contributed by atoms with Gasteiger partial charge in [-0.05, 0) is 24.3 Å². The molecule has 0 saturated carbocycles. The minimum Gasteiger partial charge on any atom is -0.508 e. The third kappa shape index (κ3) is 4.29. The summed E-state index contributed by atoms with van der Waals surface area (Å²) < 4.78 is 22.8. The number of carbonyl (C=O) groups is 1. The van der Waals surface area contributed by atoms with Crippen molar-refractivity contribution in [3.8, 4) is 5.75 Å². The lowest BCUT2D eigenvalue weighted by atomic mass is 10.2. The molecule has 1 amide bonds. The molecule has 1 saturated heterocycles. The molecule has 2 N–H and O–H groups in total. The largest absolute Gasteiger partial charge is 0.508 e. The average Bonchev–Trinajstić information content (AvgIpc) is 2.61. The van der Waals surface area contributed by atoms with Gasteiger partial charge in [-0.3, -0.25) is 4.79 Å². The van der Waals surface area contributed by atoms with E-state index in [4.69, 9.17) is 16.7 Å². The number of phenols is 1. The molecule has 0 aromatic heterocycles. The molecule has 8 heteroatoms. The monoisotopic (exact) mass is 335 g/mol. The molecule has 1 aromatic carbocycles. The highest BCUT2D eigenvalue weighted by atomic mass is 35.5. The topological polar surface area (TPSA) is 83.5 Å². The van der Waals surface area contributed by atoms with E-state index >= 15 is 0 Å². The fourth-order valence-electron chi connectivity index (χ4n) is 1.88. The first kappa shape index (κ1) is 15.5. The Morgan fingerprint density at radius 1 is 1.35 bits per heavy atom. The summed E-state index contributed by atoms with van der Waals surface area (Å²) in [6, 6.07) is 5.97. The van der Waals surface area contributed by atoms with E-state index in [1.54, 1.807) is 24.3 Å². The van der Waals surface area contributed by atoms with Crippen molar-refractivity contribution in [1.29, 1.82) is 0 Å². The Balaban J connectivity index is 1.83. The maximum absolute atomic E-state index is 11.8. The quantitative estimate of drug-likeness (QED) is 0.633. The summed E-state index contributed by atoms with van der Waals surface area (Å²) in [4.78, 5) is 12.6. The molecule has 0 spiro atoms. The molecule has 1 aliphatic rings. The van der Waals surface area contributed by atoms with Gasteiger partial charge < -0.3 is 10.4 Å². The van der Waals surface area contributed by atoms with Gasteiger partial charge >= 0.3 is 0 Å². The average molecular weight is 336 g/mol. The van der Waals surface area contributed by atoms with Gasteiger partial charge in [-0.15, -0.1) is 23.4 Å². The van der Waals surface area contributed by atoms with Crippen molar-refractivity contribution in [2.24, 2.45) is 0 Å². The van der Waals surface area contributed by atoms with Gasteiger partial charge in [-0.2, -0.15) is 0 Å². The van der Waals surface area contributed by atoms with Crippen LogP contribution in [0.2, 0.25) is 0 Å². The highest BCUT2D eigenvalue weighted by Crippen LogP contribution is 2.21. The van der Waals surface area contributed by atoms with Crippen molar-refractivity contribution in [2.75, 3.05) is 17.3 Å². The van der Waals surface area contributed by atoms with Crippen molar-refractivity contribution in [1.82, 2.24) is 5.32 Å². The van der Waals surface area contributed by atoms with Crippen LogP contribution in [0.15, 0.2) is 29.2 Å². The summed E-state index contributed by atoms with van der Waals surface area (Å²) in [7, 11) is -3.14. The Kier molecular flexibility index (Phi) is 4.82. The second kappa shape index (κ2) is 6.24. The lowest BCUT2D eigenvalue weighted by molar-refractivity contribution is -0.119. The second-order valence-electron chi connectivity index (χ2n) is 4.55. The Labute approximate surface area is 126 Å². The van der Waals surface area contributed by atoms with E-state index in [9.17, 15) is 13.2 Å². The number of carbonyl (C=O) groups excluding carboxylic acids is 1. The van der Waals surface area contributed by atoms with Crippen LogP contribution in [0.4, 0.5) is 0 Å². The minimum absolute atomic E-state index is 0.0927. The van der Waals surface area contributed by atoms with Crippen molar-refractivity contribution in [3.63, 3.8) is 0 Å². The highest BCUT2D eigenvalue weighted by Gasteiger charge is 2.37. The number of nitrogens with one attached hydrogen (secondary N) is 1. The van der Waals surface area contributed by atoms with Crippen LogP contribution in [0.5, 0.6) is 5.75 Å². The molecule has 2 rings (SSSR count). The first-order chi connectivity index (χ1) is 9.35. The van der Waals surface area contributed by atoms with Crippen LogP contribution in [0.1, 0.15) is 0 Å². The molecule has 2 unspecified atom stereocenters. The van der Waals surface area contributed by atoms with Gasteiger partial charge in [0.2, 0.25) is 5.91 Å². The van der Waals surface area contributed by atoms with E-state index < -0.39 is 21.3 Å². The van der Waals surface area contributed by atoms with Crippen LogP contribution in [-0.2, 0) is 14.6 Å². The highest BCUT2D eigenvalue weighted by molar-refractivity contribution is 8.00. The van der Waals surface area contributed by atoms with Crippen LogP contribution < -0.4 is 5.32 Å². The number of halogens is 1. The Bertz CT molecular complexity index is 588. The van der Waals surface area contributed by atoms with Crippen molar-refractivity contribution < 1.29 is 18.3 Å². The molecular weight excluding hydrogens is 322 g/mol. The fraction of sp³-hybridized carbons (Fsp3) is 0.417. The molecule has 20 heavy (non-hydrogen) atoms. The zero-order valence-electron chi connectivity index (χ0n) is 10.5. The number of alkyl halides is 1. The van der Waals surface area contributed by atoms with E-state index in [2.05, 4.69) is 5.32 Å². The zero-order valence-corrected chi connectivity index (χ0v) is 12.8.